The standard InChI is InChI=1S/C14H16BrF2N/c15-12-10(7-8-11(16)13(12)17)14(18)9-5-3-1-2-4-6-9/h5,7-8,14H,1-4,6,18H2. The van der Waals surface area contributed by atoms with Gasteiger partial charge in [-0.05, 0) is 53.2 Å². The zero-order chi connectivity index (χ0) is 13.1. The number of allylic oxidation sites excluding steroid dienone is 1. The highest BCUT2D eigenvalue weighted by molar-refractivity contribution is 9.10. The molecule has 1 aromatic carbocycles. The predicted octanol–water partition coefficient (Wildman–Crippen LogP) is 4.62. The smallest absolute Gasteiger partial charge is 0.173 e. The molecule has 4 heteroatoms. The molecule has 0 fully saturated rings. The first kappa shape index (κ1) is 13.7. The molecule has 1 aliphatic rings. The lowest BCUT2D eigenvalue weighted by molar-refractivity contribution is 0.501. The molecule has 0 spiro atoms. The molecule has 1 aromatic rings. The van der Waals surface area contributed by atoms with Crippen LogP contribution in [-0.4, -0.2) is 0 Å². The first-order valence-electron chi connectivity index (χ1n) is 6.19. The van der Waals surface area contributed by atoms with Crippen LogP contribution >= 0.6 is 15.9 Å². The second kappa shape index (κ2) is 5.93. The Morgan fingerprint density at radius 1 is 1.17 bits per heavy atom. The van der Waals surface area contributed by atoms with Crippen LogP contribution < -0.4 is 5.73 Å². The second-order valence-electron chi connectivity index (χ2n) is 4.62. The first-order chi connectivity index (χ1) is 8.61. The Morgan fingerprint density at radius 3 is 2.72 bits per heavy atom. The summed E-state index contributed by atoms with van der Waals surface area (Å²) >= 11 is 3.10. The summed E-state index contributed by atoms with van der Waals surface area (Å²) in [7, 11) is 0. The van der Waals surface area contributed by atoms with E-state index in [0.717, 1.165) is 30.9 Å². The van der Waals surface area contributed by atoms with Crippen molar-refractivity contribution >= 4 is 15.9 Å². The van der Waals surface area contributed by atoms with Crippen LogP contribution in [0.3, 0.4) is 0 Å². The lowest BCUT2D eigenvalue weighted by atomic mass is 9.96. The minimum absolute atomic E-state index is 0.139. The summed E-state index contributed by atoms with van der Waals surface area (Å²) in [5.41, 5.74) is 7.91. The van der Waals surface area contributed by atoms with Gasteiger partial charge in [0.2, 0.25) is 0 Å². The monoisotopic (exact) mass is 315 g/mol. The molecule has 2 rings (SSSR count). The van der Waals surface area contributed by atoms with Crippen LogP contribution in [0.2, 0.25) is 0 Å². The van der Waals surface area contributed by atoms with Crippen molar-refractivity contribution in [2.75, 3.05) is 0 Å². The third kappa shape index (κ3) is 2.81. The van der Waals surface area contributed by atoms with Gasteiger partial charge in [0.1, 0.15) is 0 Å². The van der Waals surface area contributed by atoms with Gasteiger partial charge in [0.25, 0.3) is 0 Å². The second-order valence-corrected chi connectivity index (χ2v) is 5.41. The Hall–Kier alpha value is -0.740. The topological polar surface area (TPSA) is 26.0 Å². The highest BCUT2D eigenvalue weighted by Gasteiger charge is 2.19. The number of halogens is 3. The summed E-state index contributed by atoms with van der Waals surface area (Å²) in [6.07, 6.45) is 7.59. The zero-order valence-electron chi connectivity index (χ0n) is 10.1. The van der Waals surface area contributed by atoms with E-state index in [2.05, 4.69) is 22.0 Å². The fraction of sp³-hybridized carbons (Fsp3) is 0.429. The normalized spacial score (nSPS) is 18.1. The molecule has 0 bridgehead atoms. The van der Waals surface area contributed by atoms with Crippen molar-refractivity contribution in [3.8, 4) is 0 Å². The van der Waals surface area contributed by atoms with Crippen LogP contribution in [0.25, 0.3) is 0 Å². The maximum atomic E-state index is 13.5. The van der Waals surface area contributed by atoms with E-state index >= 15 is 0 Å². The Kier molecular flexibility index (Phi) is 4.51. The maximum Gasteiger partial charge on any atom is 0.173 e. The molecule has 0 heterocycles. The van der Waals surface area contributed by atoms with Crippen LogP contribution in [0.1, 0.15) is 43.7 Å². The molecule has 18 heavy (non-hydrogen) atoms. The van der Waals surface area contributed by atoms with Gasteiger partial charge in [-0.3, -0.25) is 0 Å². The Bertz CT molecular complexity index is 471. The van der Waals surface area contributed by atoms with Crippen molar-refractivity contribution in [2.24, 2.45) is 5.73 Å². The van der Waals surface area contributed by atoms with Crippen LogP contribution in [-0.2, 0) is 0 Å². The van der Waals surface area contributed by atoms with Crippen molar-refractivity contribution in [1.29, 1.82) is 0 Å². The predicted molar refractivity (Wildman–Crippen MR) is 72.2 cm³/mol. The summed E-state index contributed by atoms with van der Waals surface area (Å²) in [6.45, 7) is 0. The van der Waals surface area contributed by atoms with Gasteiger partial charge in [-0.15, -0.1) is 0 Å². The molecule has 0 aliphatic heterocycles. The average molecular weight is 316 g/mol. The van der Waals surface area contributed by atoms with E-state index in [-0.39, 0.29) is 10.5 Å². The van der Waals surface area contributed by atoms with Gasteiger partial charge < -0.3 is 5.73 Å². The summed E-state index contributed by atoms with van der Waals surface area (Å²) < 4.78 is 26.7. The molecule has 0 amide bonds. The van der Waals surface area contributed by atoms with Gasteiger partial charge in [0.05, 0.1) is 10.5 Å². The van der Waals surface area contributed by atoms with Crippen molar-refractivity contribution < 1.29 is 8.78 Å². The number of nitrogens with two attached hydrogens (primary N) is 1. The molecule has 0 saturated carbocycles. The minimum Gasteiger partial charge on any atom is -0.321 e. The van der Waals surface area contributed by atoms with E-state index in [1.807, 2.05) is 0 Å². The summed E-state index contributed by atoms with van der Waals surface area (Å²) in [5, 5.41) is 0. The molecular formula is C14H16BrF2N. The zero-order valence-corrected chi connectivity index (χ0v) is 11.6. The van der Waals surface area contributed by atoms with Crippen LogP contribution in [0.15, 0.2) is 28.3 Å². The highest BCUT2D eigenvalue weighted by Crippen LogP contribution is 2.33. The molecule has 1 aliphatic carbocycles. The molecule has 1 nitrogen and oxygen atoms in total. The molecule has 1 unspecified atom stereocenters. The summed E-state index contributed by atoms with van der Waals surface area (Å²) in [5.74, 6) is -1.72. The van der Waals surface area contributed by atoms with Crippen molar-refractivity contribution in [3.05, 3.63) is 45.5 Å². The Morgan fingerprint density at radius 2 is 1.94 bits per heavy atom. The van der Waals surface area contributed by atoms with Crippen molar-refractivity contribution in [3.63, 3.8) is 0 Å². The third-order valence-electron chi connectivity index (χ3n) is 3.38. The largest absolute Gasteiger partial charge is 0.321 e. The van der Waals surface area contributed by atoms with Gasteiger partial charge in [0.15, 0.2) is 11.6 Å². The molecule has 2 N–H and O–H groups in total. The lowest BCUT2D eigenvalue weighted by Crippen LogP contribution is -2.14. The highest BCUT2D eigenvalue weighted by atomic mass is 79.9. The lowest BCUT2D eigenvalue weighted by Gasteiger charge is -2.17. The number of hydrogen-bond donors (Lipinski definition) is 1. The van der Waals surface area contributed by atoms with Crippen molar-refractivity contribution in [1.82, 2.24) is 0 Å². The number of benzene rings is 1. The molecule has 0 aromatic heterocycles. The third-order valence-corrected chi connectivity index (χ3v) is 4.18. The molecule has 0 radical (unpaired) electrons. The van der Waals surface area contributed by atoms with E-state index in [1.165, 1.54) is 12.8 Å². The van der Waals surface area contributed by atoms with Crippen LogP contribution in [0, 0.1) is 11.6 Å². The van der Waals surface area contributed by atoms with Gasteiger partial charge in [-0.1, -0.05) is 24.1 Å². The molecule has 98 valence electrons. The Labute approximate surface area is 114 Å². The maximum absolute atomic E-state index is 13.5. The van der Waals surface area contributed by atoms with Crippen LogP contribution in [0.5, 0.6) is 0 Å². The van der Waals surface area contributed by atoms with Gasteiger partial charge in [-0.25, -0.2) is 8.78 Å². The number of rotatable bonds is 2. The SMILES string of the molecule is NC(C1=CCCCCC1)c1ccc(F)c(F)c1Br. The summed E-state index contributed by atoms with van der Waals surface area (Å²) in [4.78, 5) is 0. The fourth-order valence-corrected chi connectivity index (χ4v) is 2.87. The average Bonchev–Trinajstić information content (AvgIpc) is 2.64. The van der Waals surface area contributed by atoms with Crippen molar-refractivity contribution in [2.45, 2.75) is 38.1 Å². The molecular weight excluding hydrogens is 300 g/mol. The van der Waals surface area contributed by atoms with E-state index in [9.17, 15) is 8.78 Å². The van der Waals surface area contributed by atoms with Gasteiger partial charge in [0, 0.05) is 0 Å². The fourth-order valence-electron chi connectivity index (χ4n) is 2.30. The van der Waals surface area contributed by atoms with Crippen LogP contribution in [0.4, 0.5) is 8.78 Å². The minimum atomic E-state index is -0.864. The summed E-state index contributed by atoms with van der Waals surface area (Å²) in [6, 6.07) is 2.33. The first-order valence-corrected chi connectivity index (χ1v) is 6.98. The van der Waals surface area contributed by atoms with E-state index in [1.54, 1.807) is 6.07 Å². The Balaban J connectivity index is 2.30. The van der Waals surface area contributed by atoms with E-state index in [0.29, 0.717) is 5.56 Å². The number of hydrogen-bond acceptors (Lipinski definition) is 1. The quantitative estimate of drug-likeness (QED) is 0.625. The van der Waals surface area contributed by atoms with Gasteiger partial charge >= 0.3 is 0 Å². The molecule has 1 atom stereocenters. The van der Waals surface area contributed by atoms with E-state index < -0.39 is 11.6 Å². The van der Waals surface area contributed by atoms with E-state index in [4.69, 9.17) is 5.73 Å². The van der Waals surface area contributed by atoms with Gasteiger partial charge in [-0.2, -0.15) is 0 Å². The molecule has 0 saturated heterocycles.